The fourth-order valence-electron chi connectivity index (χ4n) is 9.95. The van der Waals surface area contributed by atoms with Crippen LogP contribution in [0.5, 0.6) is 0 Å². The molecule has 2 aliphatic rings. The molecule has 0 atom stereocenters. The Kier molecular flexibility index (Phi) is 8.07. The van der Waals surface area contributed by atoms with Crippen molar-refractivity contribution in [2.45, 2.75) is 5.41 Å². The Morgan fingerprint density at radius 2 is 0.639 bits per heavy atom. The molecule has 2 aliphatic carbocycles. The number of fused-ring (bicyclic) bond motifs is 10. The van der Waals surface area contributed by atoms with Gasteiger partial charge in [0.15, 0.2) is 17.5 Å². The van der Waals surface area contributed by atoms with Gasteiger partial charge in [0.2, 0.25) is 0 Å². The monoisotopic (exact) mass is 775 g/mol. The minimum atomic E-state index is -0.374. The van der Waals surface area contributed by atoms with E-state index in [0.29, 0.717) is 17.5 Å². The van der Waals surface area contributed by atoms with Crippen molar-refractivity contribution in [3.8, 4) is 89.8 Å². The lowest BCUT2D eigenvalue weighted by Crippen LogP contribution is -2.25. The van der Waals surface area contributed by atoms with E-state index in [0.717, 1.165) is 38.9 Å². The second-order valence-corrected chi connectivity index (χ2v) is 15.9. The first-order valence-corrected chi connectivity index (χ1v) is 20.9. The third-order valence-electron chi connectivity index (χ3n) is 12.6. The fraction of sp³-hybridized carbons (Fsp3) is 0.0172. The summed E-state index contributed by atoms with van der Waals surface area (Å²) >= 11 is 0. The Morgan fingerprint density at radius 3 is 1.30 bits per heavy atom. The van der Waals surface area contributed by atoms with Gasteiger partial charge >= 0.3 is 0 Å². The highest BCUT2D eigenvalue weighted by atomic mass is 15.0. The number of aromatic nitrogens is 3. The summed E-state index contributed by atoms with van der Waals surface area (Å²) in [7, 11) is 0. The van der Waals surface area contributed by atoms with Gasteiger partial charge in [0.05, 0.1) is 5.41 Å². The largest absolute Gasteiger partial charge is 0.208 e. The summed E-state index contributed by atoms with van der Waals surface area (Å²) in [6.07, 6.45) is 0. The van der Waals surface area contributed by atoms with E-state index in [4.69, 9.17) is 15.0 Å². The number of hydrogen-bond donors (Lipinski definition) is 0. The minimum absolute atomic E-state index is 0.374. The van der Waals surface area contributed by atoms with Gasteiger partial charge in [0.25, 0.3) is 0 Å². The Bertz CT molecular complexity index is 3250. The average molecular weight is 776 g/mol. The zero-order valence-corrected chi connectivity index (χ0v) is 33.2. The molecule has 0 aliphatic heterocycles. The molecular weight excluding hydrogens is 739 g/mol. The molecule has 0 fully saturated rings. The van der Waals surface area contributed by atoms with Crippen LogP contribution in [0, 0.1) is 0 Å². The van der Waals surface area contributed by atoms with Crippen LogP contribution in [0.4, 0.5) is 0 Å². The number of nitrogens with zero attached hydrogens (tertiary/aromatic N) is 3. The van der Waals surface area contributed by atoms with Crippen LogP contribution in [0.15, 0.2) is 224 Å². The smallest absolute Gasteiger partial charge is 0.164 e. The van der Waals surface area contributed by atoms with Crippen molar-refractivity contribution in [3.05, 3.63) is 247 Å². The summed E-state index contributed by atoms with van der Waals surface area (Å²) in [5, 5.41) is 0. The molecule has 1 heterocycles. The van der Waals surface area contributed by atoms with Crippen LogP contribution >= 0.6 is 0 Å². The topological polar surface area (TPSA) is 38.7 Å². The molecule has 0 unspecified atom stereocenters. The van der Waals surface area contributed by atoms with Crippen molar-refractivity contribution in [2.75, 3.05) is 0 Å². The lowest BCUT2D eigenvalue weighted by atomic mass is 9.70. The lowest BCUT2D eigenvalue weighted by molar-refractivity contribution is 0.794. The average Bonchev–Trinajstić information content (AvgIpc) is 3.82. The van der Waals surface area contributed by atoms with Crippen molar-refractivity contribution >= 4 is 0 Å². The highest BCUT2D eigenvalue weighted by molar-refractivity contribution is 6.00. The Balaban J connectivity index is 0.950. The summed E-state index contributed by atoms with van der Waals surface area (Å²) < 4.78 is 0. The van der Waals surface area contributed by atoms with Crippen LogP contribution in [0.2, 0.25) is 0 Å². The molecule has 0 N–H and O–H groups in total. The zero-order valence-electron chi connectivity index (χ0n) is 33.2. The van der Waals surface area contributed by atoms with Gasteiger partial charge in [-0.05, 0) is 84.0 Å². The normalized spacial score (nSPS) is 12.7. The maximum absolute atomic E-state index is 5.13. The number of hydrogen-bond acceptors (Lipinski definition) is 3. The van der Waals surface area contributed by atoms with Gasteiger partial charge in [0, 0.05) is 16.7 Å². The third kappa shape index (κ3) is 5.48. The van der Waals surface area contributed by atoms with Gasteiger partial charge in [-0.2, -0.15) is 0 Å². The lowest BCUT2D eigenvalue weighted by Gasteiger charge is -2.30. The zero-order chi connectivity index (χ0) is 40.3. The van der Waals surface area contributed by atoms with Crippen molar-refractivity contribution in [3.63, 3.8) is 0 Å². The van der Waals surface area contributed by atoms with Crippen molar-refractivity contribution in [1.82, 2.24) is 15.0 Å². The van der Waals surface area contributed by atoms with Crippen LogP contribution < -0.4 is 0 Å². The van der Waals surface area contributed by atoms with E-state index in [1.54, 1.807) is 0 Å². The molecular formula is C58H37N3. The van der Waals surface area contributed by atoms with E-state index in [9.17, 15) is 0 Å². The van der Waals surface area contributed by atoms with E-state index >= 15 is 0 Å². The number of benzene rings is 9. The first-order chi connectivity index (χ1) is 30.3. The Labute approximate surface area is 355 Å². The summed E-state index contributed by atoms with van der Waals surface area (Å²) in [4.78, 5) is 15.2. The van der Waals surface area contributed by atoms with E-state index in [2.05, 4.69) is 182 Å². The summed E-state index contributed by atoms with van der Waals surface area (Å²) in [5.41, 5.74) is 20.0. The summed E-state index contributed by atoms with van der Waals surface area (Å²) in [5.74, 6) is 1.92. The van der Waals surface area contributed by atoms with Gasteiger partial charge < -0.3 is 0 Å². The first kappa shape index (κ1) is 35.0. The predicted molar refractivity (Wildman–Crippen MR) is 249 cm³/mol. The van der Waals surface area contributed by atoms with Crippen LogP contribution in [-0.2, 0) is 5.41 Å². The molecule has 1 spiro atoms. The molecule has 284 valence electrons. The molecule has 12 rings (SSSR count). The maximum Gasteiger partial charge on any atom is 0.164 e. The van der Waals surface area contributed by atoms with Crippen molar-refractivity contribution in [1.29, 1.82) is 0 Å². The van der Waals surface area contributed by atoms with E-state index < -0.39 is 0 Å². The number of rotatable bonds is 6. The molecule has 1 aromatic heterocycles. The highest BCUT2D eigenvalue weighted by Gasteiger charge is 2.51. The van der Waals surface area contributed by atoms with Crippen LogP contribution in [0.25, 0.3) is 89.8 Å². The van der Waals surface area contributed by atoms with Gasteiger partial charge in [-0.15, -0.1) is 0 Å². The van der Waals surface area contributed by atoms with Gasteiger partial charge in [-0.1, -0.05) is 218 Å². The van der Waals surface area contributed by atoms with Gasteiger partial charge in [-0.25, -0.2) is 15.0 Å². The molecule has 0 radical (unpaired) electrons. The molecule has 9 aromatic carbocycles. The minimum Gasteiger partial charge on any atom is -0.208 e. The third-order valence-corrected chi connectivity index (χ3v) is 12.6. The van der Waals surface area contributed by atoms with Crippen LogP contribution in [-0.4, -0.2) is 15.0 Å². The van der Waals surface area contributed by atoms with Crippen molar-refractivity contribution < 1.29 is 0 Å². The van der Waals surface area contributed by atoms with Gasteiger partial charge in [-0.3, -0.25) is 0 Å². The van der Waals surface area contributed by atoms with Crippen LogP contribution in [0.1, 0.15) is 22.3 Å². The summed E-state index contributed by atoms with van der Waals surface area (Å²) in [6, 6.07) is 80.4. The molecule has 3 nitrogen and oxygen atoms in total. The van der Waals surface area contributed by atoms with Crippen LogP contribution in [0.3, 0.4) is 0 Å². The van der Waals surface area contributed by atoms with E-state index in [-0.39, 0.29) is 5.41 Å². The standard InChI is InChI=1S/C58H37N3/c1-3-17-39(18-4-1)44-23-7-8-26-48(44)57-60-55(40-19-5-2-6-20-40)59-56(61-57)41-35-33-38(34-36-41)42-21-15-22-43(37-42)45-28-16-32-53-54(45)49-27-11-14-31-52(49)58(53)50-29-12-9-24-46(50)47-25-10-13-30-51(47)58/h1-37H. The molecule has 3 heteroatoms. The second kappa shape index (κ2) is 14.1. The molecule has 0 bridgehead atoms. The first-order valence-electron chi connectivity index (χ1n) is 20.9. The molecule has 0 saturated carbocycles. The van der Waals surface area contributed by atoms with E-state index in [1.807, 2.05) is 42.5 Å². The molecule has 61 heavy (non-hydrogen) atoms. The fourth-order valence-corrected chi connectivity index (χ4v) is 9.95. The van der Waals surface area contributed by atoms with Gasteiger partial charge in [0.1, 0.15) is 0 Å². The highest BCUT2D eigenvalue weighted by Crippen LogP contribution is 2.64. The second-order valence-electron chi connectivity index (χ2n) is 15.9. The maximum atomic E-state index is 5.13. The van der Waals surface area contributed by atoms with E-state index in [1.165, 1.54) is 55.6 Å². The molecule has 10 aromatic rings. The SMILES string of the molecule is c1ccc(-c2nc(-c3ccc(-c4cccc(-c5cccc6c5-c5ccccc5C65c6ccccc6-c6ccccc65)c4)cc3)nc(-c3ccccc3-c3ccccc3)n2)cc1. The molecule has 0 saturated heterocycles. The quantitative estimate of drug-likeness (QED) is 0.169. The Morgan fingerprint density at radius 1 is 0.230 bits per heavy atom. The summed E-state index contributed by atoms with van der Waals surface area (Å²) in [6.45, 7) is 0. The van der Waals surface area contributed by atoms with Crippen molar-refractivity contribution in [2.24, 2.45) is 0 Å². The molecule has 0 amide bonds. The predicted octanol–water partition coefficient (Wildman–Crippen LogP) is 14.2. The Hall–Kier alpha value is -8.01.